The van der Waals surface area contributed by atoms with Gasteiger partial charge in [-0.05, 0) is 118 Å². The molecule has 0 radical (unpaired) electrons. The maximum absolute atomic E-state index is 3.96. The molecule has 1 aromatic heterocycles. The van der Waals surface area contributed by atoms with Crippen LogP contribution >= 0.6 is 0 Å². The number of anilines is 5. The third-order valence-corrected chi connectivity index (χ3v) is 11.2. The van der Waals surface area contributed by atoms with Crippen LogP contribution in [0.1, 0.15) is 37.8 Å². The molecule has 1 N–H and O–H groups in total. The standard InChI is InChI=1S/C51H41N3/c1-4-34-30-49(53(36-16-8-5-9-17-36)37-18-10-6-11-19-37)43-28-26-41-44(33(2)3)32-46(42-27-25-39(34)50(43)51(41)42)52-35-24-29-48-45(31-35)40-22-14-15-23-47(40)54(48)38-20-12-7-13-21-38/h5-33,52H,4H2,1-3H3. The van der Waals surface area contributed by atoms with Gasteiger partial charge in [0.15, 0.2) is 0 Å². The predicted molar refractivity (Wildman–Crippen MR) is 232 cm³/mol. The number of hydrogen-bond donors (Lipinski definition) is 1. The highest BCUT2D eigenvalue weighted by atomic mass is 15.1. The fraction of sp³-hybridized carbons (Fsp3) is 0.0980. The Morgan fingerprint density at radius 1 is 0.519 bits per heavy atom. The molecule has 0 aliphatic heterocycles. The van der Waals surface area contributed by atoms with Crippen LogP contribution in [0.4, 0.5) is 28.4 Å². The van der Waals surface area contributed by atoms with Gasteiger partial charge >= 0.3 is 0 Å². The summed E-state index contributed by atoms with van der Waals surface area (Å²) in [6, 6.07) is 62.1. The highest BCUT2D eigenvalue weighted by Crippen LogP contribution is 2.48. The summed E-state index contributed by atoms with van der Waals surface area (Å²) in [4.78, 5) is 2.43. The minimum Gasteiger partial charge on any atom is -0.355 e. The number of aromatic nitrogens is 1. The molecule has 0 fully saturated rings. The molecule has 0 saturated heterocycles. The Bertz CT molecular complexity index is 2920. The van der Waals surface area contributed by atoms with Gasteiger partial charge in [-0.25, -0.2) is 0 Å². The van der Waals surface area contributed by atoms with E-state index in [0.29, 0.717) is 5.92 Å². The van der Waals surface area contributed by atoms with E-state index in [4.69, 9.17) is 0 Å². The van der Waals surface area contributed by atoms with Gasteiger partial charge in [-0.2, -0.15) is 0 Å². The predicted octanol–water partition coefficient (Wildman–Crippen LogP) is 14.6. The summed E-state index contributed by atoms with van der Waals surface area (Å²) in [6.45, 7) is 6.91. The summed E-state index contributed by atoms with van der Waals surface area (Å²) >= 11 is 0. The minimum atomic E-state index is 0.344. The Balaban J connectivity index is 1.21. The molecular formula is C51H41N3. The van der Waals surface area contributed by atoms with E-state index in [2.05, 4.69) is 205 Å². The molecule has 3 heteroatoms. The van der Waals surface area contributed by atoms with Crippen LogP contribution in [0.2, 0.25) is 0 Å². The van der Waals surface area contributed by atoms with Crippen molar-refractivity contribution in [3.63, 3.8) is 0 Å². The van der Waals surface area contributed by atoms with Gasteiger partial charge in [-0.1, -0.05) is 118 Å². The minimum absolute atomic E-state index is 0.344. The smallest absolute Gasteiger partial charge is 0.0543 e. The van der Waals surface area contributed by atoms with Gasteiger partial charge in [0.25, 0.3) is 0 Å². The lowest BCUT2D eigenvalue weighted by Gasteiger charge is -2.29. The SMILES string of the molecule is CCc1cc(N(c2ccccc2)c2ccccc2)c2ccc3c(C(C)C)cc(Nc4ccc5c(c4)c4ccccc4n5-c4ccccc4)c4ccc1c2c43. The van der Waals surface area contributed by atoms with Crippen LogP contribution < -0.4 is 10.2 Å². The fourth-order valence-corrected chi connectivity index (χ4v) is 8.77. The van der Waals surface area contributed by atoms with E-state index >= 15 is 0 Å². The molecule has 260 valence electrons. The van der Waals surface area contributed by atoms with E-state index < -0.39 is 0 Å². The van der Waals surface area contributed by atoms with E-state index in [0.717, 1.165) is 29.2 Å². The zero-order valence-corrected chi connectivity index (χ0v) is 30.8. The third-order valence-electron chi connectivity index (χ3n) is 11.2. The number of nitrogens with zero attached hydrogens (tertiary/aromatic N) is 2. The Morgan fingerprint density at radius 3 is 1.81 bits per heavy atom. The summed E-state index contributed by atoms with van der Waals surface area (Å²) in [7, 11) is 0. The fourth-order valence-electron chi connectivity index (χ4n) is 8.77. The van der Waals surface area contributed by atoms with Gasteiger partial charge in [-0.15, -0.1) is 0 Å². The summed E-state index contributed by atoms with van der Waals surface area (Å²) in [5.41, 5.74) is 12.0. The van der Waals surface area contributed by atoms with Crippen molar-refractivity contribution in [1.82, 2.24) is 4.57 Å². The number of para-hydroxylation sites is 4. The number of benzene rings is 9. The van der Waals surface area contributed by atoms with E-state index in [1.165, 1.54) is 76.6 Å². The molecule has 0 spiro atoms. The van der Waals surface area contributed by atoms with Gasteiger partial charge in [0, 0.05) is 50.0 Å². The molecule has 9 aromatic carbocycles. The average Bonchev–Trinajstić information content (AvgIpc) is 3.55. The molecule has 10 rings (SSSR count). The number of hydrogen-bond acceptors (Lipinski definition) is 2. The second-order valence-electron chi connectivity index (χ2n) is 14.7. The molecule has 54 heavy (non-hydrogen) atoms. The first-order valence-corrected chi connectivity index (χ1v) is 19.1. The van der Waals surface area contributed by atoms with Gasteiger partial charge in [0.1, 0.15) is 0 Å². The van der Waals surface area contributed by atoms with Crippen molar-refractivity contribution >= 4 is 82.6 Å². The number of fused-ring (bicyclic) bond motifs is 3. The van der Waals surface area contributed by atoms with Gasteiger partial charge in [0.2, 0.25) is 0 Å². The van der Waals surface area contributed by atoms with Crippen molar-refractivity contribution in [3.8, 4) is 5.69 Å². The average molecular weight is 696 g/mol. The summed E-state index contributed by atoms with van der Waals surface area (Å²) < 4.78 is 2.37. The molecular weight excluding hydrogens is 655 g/mol. The first-order chi connectivity index (χ1) is 26.6. The van der Waals surface area contributed by atoms with Crippen LogP contribution in [-0.2, 0) is 6.42 Å². The molecule has 0 aliphatic carbocycles. The maximum Gasteiger partial charge on any atom is 0.0543 e. The van der Waals surface area contributed by atoms with Gasteiger partial charge in [-0.3, -0.25) is 0 Å². The normalized spacial score (nSPS) is 11.9. The quantitative estimate of drug-likeness (QED) is 0.160. The highest BCUT2D eigenvalue weighted by Gasteiger charge is 2.23. The third kappa shape index (κ3) is 5.03. The molecule has 0 aliphatic rings. The van der Waals surface area contributed by atoms with Crippen LogP contribution in [0.15, 0.2) is 170 Å². The zero-order valence-electron chi connectivity index (χ0n) is 30.8. The second kappa shape index (κ2) is 12.8. The van der Waals surface area contributed by atoms with Crippen LogP contribution in [0, 0.1) is 0 Å². The first kappa shape index (κ1) is 32.1. The molecule has 10 aromatic rings. The molecule has 0 saturated carbocycles. The Labute approximate surface area is 316 Å². The molecule has 1 heterocycles. The van der Waals surface area contributed by atoms with Crippen LogP contribution in [0.5, 0.6) is 0 Å². The molecule has 0 unspecified atom stereocenters. The molecule has 0 amide bonds. The summed E-state index contributed by atoms with van der Waals surface area (Å²) in [5.74, 6) is 0.344. The van der Waals surface area contributed by atoms with E-state index in [1.54, 1.807) is 0 Å². The Morgan fingerprint density at radius 2 is 1.11 bits per heavy atom. The molecule has 0 atom stereocenters. The lowest BCUT2D eigenvalue weighted by atomic mass is 9.85. The topological polar surface area (TPSA) is 20.2 Å². The lowest BCUT2D eigenvalue weighted by Crippen LogP contribution is -2.11. The van der Waals surface area contributed by atoms with Crippen LogP contribution in [0.3, 0.4) is 0 Å². The number of nitrogens with one attached hydrogen (secondary N) is 1. The van der Waals surface area contributed by atoms with Crippen LogP contribution in [-0.4, -0.2) is 4.57 Å². The van der Waals surface area contributed by atoms with Gasteiger partial charge < -0.3 is 14.8 Å². The largest absolute Gasteiger partial charge is 0.355 e. The molecule has 3 nitrogen and oxygen atoms in total. The van der Waals surface area contributed by atoms with E-state index in [-0.39, 0.29) is 0 Å². The van der Waals surface area contributed by atoms with Crippen LogP contribution in [0.25, 0.3) is 59.8 Å². The first-order valence-electron chi connectivity index (χ1n) is 19.1. The monoisotopic (exact) mass is 695 g/mol. The van der Waals surface area contributed by atoms with Crippen molar-refractivity contribution in [2.45, 2.75) is 33.1 Å². The summed E-state index contributed by atoms with van der Waals surface area (Å²) in [6.07, 6.45) is 0.942. The zero-order chi connectivity index (χ0) is 36.3. The van der Waals surface area contributed by atoms with Crippen molar-refractivity contribution in [3.05, 3.63) is 181 Å². The Hall–Kier alpha value is -6.58. The van der Waals surface area contributed by atoms with E-state index in [9.17, 15) is 0 Å². The van der Waals surface area contributed by atoms with E-state index in [1.807, 2.05) is 0 Å². The maximum atomic E-state index is 3.96. The Kier molecular flexibility index (Phi) is 7.62. The van der Waals surface area contributed by atoms with Crippen molar-refractivity contribution in [2.24, 2.45) is 0 Å². The number of aryl methyl sites for hydroxylation is 1. The van der Waals surface area contributed by atoms with Gasteiger partial charge in [0.05, 0.1) is 16.7 Å². The molecule has 0 bridgehead atoms. The number of rotatable bonds is 8. The summed E-state index contributed by atoms with van der Waals surface area (Å²) in [5, 5.41) is 14.3. The second-order valence-corrected chi connectivity index (χ2v) is 14.7. The van der Waals surface area contributed by atoms with Crippen molar-refractivity contribution in [1.29, 1.82) is 0 Å². The highest BCUT2D eigenvalue weighted by molar-refractivity contribution is 6.29. The lowest BCUT2D eigenvalue weighted by molar-refractivity contribution is 0.877. The van der Waals surface area contributed by atoms with Crippen molar-refractivity contribution in [2.75, 3.05) is 10.2 Å². The van der Waals surface area contributed by atoms with Crippen molar-refractivity contribution < 1.29 is 0 Å².